The molecule has 0 saturated heterocycles. The molecule has 1 aliphatic rings. The molecule has 0 aromatic carbocycles. The van der Waals surface area contributed by atoms with Crippen molar-refractivity contribution >= 4 is 10.0 Å². The molecule has 1 aromatic heterocycles. The third-order valence-electron chi connectivity index (χ3n) is 4.17. The maximum Gasteiger partial charge on any atom is 0.247 e. The third-order valence-corrected chi connectivity index (χ3v) is 6.40. The Balaban J connectivity index is 2.37. The second-order valence-corrected chi connectivity index (χ2v) is 7.48. The fourth-order valence-corrected chi connectivity index (χ4v) is 5.24. The second-order valence-electron chi connectivity index (χ2n) is 5.65. The highest BCUT2D eigenvalue weighted by molar-refractivity contribution is 7.89. The van der Waals surface area contributed by atoms with E-state index in [1.54, 1.807) is 18.3 Å². The SMILES string of the molecule is CCN(C1CCCCC1)S(=O)(=O)c1c(CNC)n[nH]c1C. The lowest BCUT2D eigenvalue weighted by Crippen LogP contribution is -2.41. The van der Waals surface area contributed by atoms with Crippen molar-refractivity contribution in [1.29, 1.82) is 0 Å². The van der Waals surface area contributed by atoms with E-state index in [0.717, 1.165) is 25.7 Å². The van der Waals surface area contributed by atoms with Crippen LogP contribution in [0.3, 0.4) is 0 Å². The molecule has 2 N–H and O–H groups in total. The first kappa shape index (κ1) is 16.5. The van der Waals surface area contributed by atoms with Crippen molar-refractivity contribution in [3.05, 3.63) is 11.4 Å². The zero-order valence-corrected chi connectivity index (χ0v) is 14.0. The lowest BCUT2D eigenvalue weighted by molar-refractivity contribution is 0.261. The predicted molar refractivity (Wildman–Crippen MR) is 82.5 cm³/mol. The van der Waals surface area contributed by atoms with E-state index in [9.17, 15) is 8.42 Å². The summed E-state index contributed by atoms with van der Waals surface area (Å²) in [5, 5.41) is 9.94. The van der Waals surface area contributed by atoms with Gasteiger partial charge < -0.3 is 5.32 Å². The molecule has 0 atom stereocenters. The Bertz CT molecular complexity index is 562. The first-order chi connectivity index (χ1) is 10.0. The van der Waals surface area contributed by atoms with Gasteiger partial charge in [0, 0.05) is 19.1 Å². The minimum atomic E-state index is -3.49. The topological polar surface area (TPSA) is 78.1 Å². The molecule has 2 rings (SSSR count). The molecule has 120 valence electrons. The quantitative estimate of drug-likeness (QED) is 0.839. The van der Waals surface area contributed by atoms with Gasteiger partial charge in [0.25, 0.3) is 0 Å². The van der Waals surface area contributed by atoms with E-state index in [1.165, 1.54) is 6.42 Å². The molecule has 1 heterocycles. The van der Waals surface area contributed by atoms with Crippen LogP contribution in [0, 0.1) is 6.92 Å². The standard InChI is InChI=1S/C14H26N4O2S/c1-4-18(12-8-6-5-7-9-12)21(19,20)14-11(2)16-17-13(14)10-15-3/h12,15H,4-10H2,1-3H3,(H,16,17). The van der Waals surface area contributed by atoms with E-state index < -0.39 is 10.0 Å². The summed E-state index contributed by atoms with van der Waals surface area (Å²) in [6.07, 6.45) is 5.37. The second kappa shape index (κ2) is 6.89. The van der Waals surface area contributed by atoms with Crippen LogP contribution in [0.2, 0.25) is 0 Å². The molecular formula is C14H26N4O2S. The highest BCUT2D eigenvalue weighted by Gasteiger charge is 2.34. The number of aromatic nitrogens is 2. The van der Waals surface area contributed by atoms with Gasteiger partial charge in [0.05, 0.1) is 11.4 Å². The number of hydrogen-bond acceptors (Lipinski definition) is 4. The number of nitrogens with zero attached hydrogens (tertiary/aromatic N) is 2. The number of hydrogen-bond donors (Lipinski definition) is 2. The maximum atomic E-state index is 13.1. The van der Waals surface area contributed by atoms with Crippen LogP contribution in [0.1, 0.15) is 50.4 Å². The van der Waals surface area contributed by atoms with E-state index in [0.29, 0.717) is 29.4 Å². The average Bonchev–Trinajstić information content (AvgIpc) is 2.82. The maximum absolute atomic E-state index is 13.1. The van der Waals surface area contributed by atoms with E-state index in [4.69, 9.17) is 0 Å². The molecule has 0 amide bonds. The Kier molecular flexibility index (Phi) is 5.40. The van der Waals surface area contributed by atoms with Crippen molar-refractivity contribution in [2.45, 2.75) is 63.4 Å². The Hall–Kier alpha value is -0.920. The monoisotopic (exact) mass is 314 g/mol. The molecule has 7 heteroatoms. The van der Waals surface area contributed by atoms with Crippen LogP contribution >= 0.6 is 0 Å². The van der Waals surface area contributed by atoms with E-state index in [2.05, 4.69) is 15.5 Å². The normalized spacial score (nSPS) is 17.5. The number of rotatable bonds is 6. The molecule has 1 aromatic rings. The van der Waals surface area contributed by atoms with Crippen LogP contribution < -0.4 is 5.32 Å². The van der Waals surface area contributed by atoms with Crippen LogP contribution in [0.25, 0.3) is 0 Å². The average molecular weight is 314 g/mol. The van der Waals surface area contributed by atoms with Crippen molar-refractivity contribution < 1.29 is 8.42 Å². The molecule has 1 aliphatic carbocycles. The van der Waals surface area contributed by atoms with E-state index in [1.807, 2.05) is 6.92 Å². The Morgan fingerprint density at radius 2 is 2.00 bits per heavy atom. The van der Waals surface area contributed by atoms with Crippen molar-refractivity contribution in [2.24, 2.45) is 0 Å². The van der Waals surface area contributed by atoms with Gasteiger partial charge in [-0.1, -0.05) is 26.2 Å². The number of aryl methyl sites for hydroxylation is 1. The number of sulfonamides is 1. The van der Waals surface area contributed by atoms with Gasteiger partial charge in [-0.25, -0.2) is 8.42 Å². The Morgan fingerprint density at radius 3 is 2.57 bits per heavy atom. The first-order valence-electron chi connectivity index (χ1n) is 7.72. The minimum Gasteiger partial charge on any atom is -0.314 e. The summed E-state index contributed by atoms with van der Waals surface area (Å²) < 4.78 is 27.8. The third kappa shape index (κ3) is 3.30. The van der Waals surface area contributed by atoms with Crippen molar-refractivity contribution in [2.75, 3.05) is 13.6 Å². The predicted octanol–water partition coefficient (Wildman–Crippen LogP) is 1.78. The number of nitrogens with one attached hydrogen (secondary N) is 2. The lowest BCUT2D eigenvalue weighted by atomic mass is 9.95. The van der Waals surface area contributed by atoms with Gasteiger partial charge in [0.2, 0.25) is 10.0 Å². The summed E-state index contributed by atoms with van der Waals surface area (Å²) in [7, 11) is -1.70. The van der Waals surface area contributed by atoms with Crippen LogP contribution in [0.4, 0.5) is 0 Å². The van der Waals surface area contributed by atoms with Crippen molar-refractivity contribution in [3.8, 4) is 0 Å². The summed E-state index contributed by atoms with van der Waals surface area (Å²) in [5.41, 5.74) is 1.19. The van der Waals surface area contributed by atoms with Crippen LogP contribution in [0.5, 0.6) is 0 Å². The largest absolute Gasteiger partial charge is 0.314 e. The summed E-state index contributed by atoms with van der Waals surface area (Å²) in [6.45, 7) is 4.64. The van der Waals surface area contributed by atoms with Crippen molar-refractivity contribution in [3.63, 3.8) is 0 Å². The molecule has 0 unspecified atom stereocenters. The zero-order valence-electron chi connectivity index (χ0n) is 13.1. The van der Waals surface area contributed by atoms with Crippen LogP contribution in [-0.4, -0.2) is 42.6 Å². The molecule has 0 aliphatic heterocycles. The van der Waals surface area contributed by atoms with E-state index >= 15 is 0 Å². The highest BCUT2D eigenvalue weighted by Crippen LogP contribution is 2.29. The molecule has 0 radical (unpaired) electrons. The summed E-state index contributed by atoms with van der Waals surface area (Å²) in [4.78, 5) is 0.351. The van der Waals surface area contributed by atoms with Gasteiger partial charge >= 0.3 is 0 Å². The van der Waals surface area contributed by atoms with Crippen molar-refractivity contribution in [1.82, 2.24) is 19.8 Å². The molecule has 0 spiro atoms. The minimum absolute atomic E-state index is 0.130. The smallest absolute Gasteiger partial charge is 0.247 e. The van der Waals surface area contributed by atoms with Gasteiger partial charge in [-0.05, 0) is 26.8 Å². The van der Waals surface area contributed by atoms with Gasteiger partial charge in [0.15, 0.2) is 0 Å². The fourth-order valence-electron chi connectivity index (χ4n) is 3.21. The summed E-state index contributed by atoms with van der Waals surface area (Å²) >= 11 is 0. The number of H-pyrrole nitrogens is 1. The molecule has 0 bridgehead atoms. The van der Waals surface area contributed by atoms with Gasteiger partial charge in [-0.2, -0.15) is 9.40 Å². The van der Waals surface area contributed by atoms with Crippen LogP contribution in [-0.2, 0) is 16.6 Å². The Labute approximate surface area is 127 Å². The number of aromatic amines is 1. The summed E-state index contributed by atoms with van der Waals surface area (Å²) in [6, 6.07) is 0.130. The lowest BCUT2D eigenvalue weighted by Gasteiger charge is -2.32. The Morgan fingerprint density at radius 1 is 1.33 bits per heavy atom. The van der Waals surface area contributed by atoms with Gasteiger partial charge in [-0.15, -0.1) is 0 Å². The first-order valence-corrected chi connectivity index (χ1v) is 9.16. The highest BCUT2D eigenvalue weighted by atomic mass is 32.2. The molecular weight excluding hydrogens is 288 g/mol. The van der Waals surface area contributed by atoms with Gasteiger partial charge in [0.1, 0.15) is 4.90 Å². The molecule has 6 nitrogen and oxygen atoms in total. The zero-order chi connectivity index (χ0) is 15.5. The fraction of sp³-hybridized carbons (Fsp3) is 0.786. The van der Waals surface area contributed by atoms with E-state index in [-0.39, 0.29) is 6.04 Å². The molecule has 1 saturated carbocycles. The van der Waals surface area contributed by atoms with Gasteiger partial charge in [-0.3, -0.25) is 5.10 Å². The molecule has 1 fully saturated rings. The molecule has 21 heavy (non-hydrogen) atoms. The van der Waals surface area contributed by atoms with Crippen LogP contribution in [0.15, 0.2) is 4.90 Å². The summed E-state index contributed by atoms with van der Waals surface area (Å²) in [5.74, 6) is 0.